The summed E-state index contributed by atoms with van der Waals surface area (Å²) < 4.78 is 71.2. The summed E-state index contributed by atoms with van der Waals surface area (Å²) in [7, 11) is -7.19. The van der Waals surface area contributed by atoms with Gasteiger partial charge < -0.3 is 29.2 Å². The fraction of sp³-hybridized carbons (Fsp3) is 0.421. The lowest BCUT2D eigenvalue weighted by atomic mass is 9.86. The third kappa shape index (κ3) is 11.8. The number of carbonyl (C=O) groups excluding carboxylic acids is 2. The van der Waals surface area contributed by atoms with Gasteiger partial charge in [-0.05, 0) is 89.8 Å². The number of hydrogen-bond acceptors (Lipinski definition) is 12. The van der Waals surface area contributed by atoms with Gasteiger partial charge in [0.05, 0.1) is 33.1 Å². The minimum atomic E-state index is -3.60. The van der Waals surface area contributed by atoms with Gasteiger partial charge in [0.15, 0.2) is 19.7 Å². The lowest BCUT2D eigenvalue weighted by Gasteiger charge is -2.33. The molecule has 0 aliphatic heterocycles. The summed E-state index contributed by atoms with van der Waals surface area (Å²) in [6.07, 6.45) is 2.32. The first-order chi connectivity index (χ1) is 24.8. The van der Waals surface area contributed by atoms with Crippen LogP contribution in [0.1, 0.15) is 79.4 Å². The smallest absolute Gasteiger partial charge is 0.371 e. The number of sulfone groups is 2. The molecule has 2 rings (SSSR count). The molecule has 0 spiro atoms. The van der Waals surface area contributed by atoms with E-state index in [9.17, 15) is 46.2 Å². The van der Waals surface area contributed by atoms with Crippen molar-refractivity contribution in [2.24, 2.45) is 0 Å². The Kier molecular flexibility index (Phi) is 15.0. The third-order valence-electron chi connectivity index (χ3n) is 8.11. The molecule has 0 saturated carbocycles. The Hall–Kier alpha value is -4.96. The van der Waals surface area contributed by atoms with Crippen molar-refractivity contribution in [3.05, 3.63) is 83.3 Å². The van der Waals surface area contributed by atoms with Crippen molar-refractivity contribution in [1.82, 2.24) is 0 Å². The van der Waals surface area contributed by atoms with Gasteiger partial charge in [-0.15, -0.1) is 0 Å². The second-order valence-corrected chi connectivity index (χ2v) is 17.3. The Morgan fingerprint density at radius 2 is 0.889 bits per heavy atom. The number of aliphatic carboxylic acids is 2. The van der Waals surface area contributed by atoms with Gasteiger partial charge in [0.25, 0.3) is 0 Å². The Morgan fingerprint density at radius 1 is 0.611 bits per heavy atom. The highest BCUT2D eigenvalue weighted by Gasteiger charge is 2.40. The molecular formula is C38H48O14S2. The number of rotatable bonds is 18. The van der Waals surface area contributed by atoms with Crippen LogP contribution in [0.3, 0.4) is 0 Å². The number of benzene rings is 2. The first-order valence-electron chi connectivity index (χ1n) is 16.8. The molecule has 0 amide bonds. The van der Waals surface area contributed by atoms with Crippen LogP contribution < -0.4 is 0 Å². The van der Waals surface area contributed by atoms with E-state index in [-0.39, 0.29) is 44.9 Å². The molecule has 296 valence electrons. The summed E-state index contributed by atoms with van der Waals surface area (Å²) in [5.41, 5.74) is -3.15. The molecule has 2 aromatic rings. The maximum absolute atomic E-state index is 13.3. The van der Waals surface area contributed by atoms with Crippen LogP contribution in [0, 0.1) is 0 Å². The predicted octanol–water partition coefficient (Wildman–Crippen LogP) is 5.62. The van der Waals surface area contributed by atoms with Crippen LogP contribution in [0.2, 0.25) is 0 Å². The molecule has 0 aliphatic carbocycles. The topological polar surface area (TPSA) is 214 Å². The van der Waals surface area contributed by atoms with E-state index in [4.69, 9.17) is 18.9 Å². The monoisotopic (exact) mass is 792 g/mol. The molecular weight excluding hydrogens is 745 g/mol. The molecule has 0 aromatic heterocycles. The zero-order valence-corrected chi connectivity index (χ0v) is 33.6. The number of hydrogen-bond donors (Lipinski definition) is 2. The van der Waals surface area contributed by atoms with Gasteiger partial charge in [-0.25, -0.2) is 36.0 Å². The van der Waals surface area contributed by atoms with Crippen molar-refractivity contribution in [3.8, 4) is 0 Å². The molecule has 0 fully saturated rings. The van der Waals surface area contributed by atoms with E-state index in [0.29, 0.717) is 0 Å². The molecule has 0 bridgehead atoms. The van der Waals surface area contributed by atoms with E-state index in [1.54, 1.807) is 41.5 Å². The van der Waals surface area contributed by atoms with Crippen LogP contribution in [0.5, 0.6) is 0 Å². The van der Waals surface area contributed by atoms with Crippen LogP contribution in [0.25, 0.3) is 11.1 Å². The molecule has 2 N–H and O–H groups in total. The van der Waals surface area contributed by atoms with Crippen molar-refractivity contribution in [3.63, 3.8) is 0 Å². The quantitative estimate of drug-likeness (QED) is 0.107. The number of esters is 2. The average Bonchev–Trinajstić information content (AvgIpc) is 3.06. The van der Waals surface area contributed by atoms with E-state index in [1.165, 1.54) is 62.4 Å². The average molecular weight is 793 g/mol. The Labute approximate surface area is 316 Å². The lowest BCUT2D eigenvalue weighted by molar-refractivity contribution is -0.150. The summed E-state index contributed by atoms with van der Waals surface area (Å²) in [4.78, 5) is 51.6. The summed E-state index contributed by atoms with van der Waals surface area (Å²) in [6.45, 7) is 12.5. The van der Waals surface area contributed by atoms with Crippen LogP contribution in [-0.2, 0) is 57.8 Å². The van der Waals surface area contributed by atoms with E-state index in [2.05, 4.69) is 0 Å². The molecule has 2 aromatic carbocycles. The number of carboxylic acid groups (broad SMARTS) is 2. The van der Waals surface area contributed by atoms with E-state index in [1.807, 2.05) is 0 Å². The summed E-state index contributed by atoms with van der Waals surface area (Å²) >= 11 is 0. The lowest BCUT2D eigenvalue weighted by Crippen LogP contribution is -2.35. The first-order valence-corrected chi connectivity index (χ1v) is 20.6. The summed E-state index contributed by atoms with van der Waals surface area (Å²) in [6, 6.07) is 10.6. The van der Waals surface area contributed by atoms with Gasteiger partial charge in [0.1, 0.15) is 11.2 Å². The highest BCUT2D eigenvalue weighted by Crippen LogP contribution is 2.39. The fourth-order valence-electron chi connectivity index (χ4n) is 5.24. The molecule has 0 radical (unpaired) electrons. The molecule has 2 unspecified atom stereocenters. The second kappa shape index (κ2) is 17.9. The van der Waals surface area contributed by atoms with Gasteiger partial charge >= 0.3 is 23.9 Å². The van der Waals surface area contributed by atoms with Crippen LogP contribution in [0.4, 0.5) is 0 Å². The Balaban J connectivity index is 2.61. The second-order valence-electron chi connectivity index (χ2n) is 13.3. The van der Waals surface area contributed by atoms with Crippen LogP contribution in [-0.4, -0.2) is 86.8 Å². The molecule has 0 heterocycles. The van der Waals surface area contributed by atoms with Crippen molar-refractivity contribution in [2.75, 3.05) is 12.5 Å². The van der Waals surface area contributed by atoms with Crippen LogP contribution in [0.15, 0.2) is 82.0 Å². The zero-order valence-electron chi connectivity index (χ0n) is 32.0. The van der Waals surface area contributed by atoms with Crippen molar-refractivity contribution in [2.45, 2.75) is 101 Å². The number of carbonyl (C=O) groups is 4. The van der Waals surface area contributed by atoms with Gasteiger partial charge in [-0.1, -0.05) is 38.1 Å². The van der Waals surface area contributed by atoms with Gasteiger partial charge in [0.2, 0.25) is 11.5 Å². The fourth-order valence-corrected chi connectivity index (χ4v) is 6.50. The molecule has 16 heteroatoms. The summed E-state index contributed by atoms with van der Waals surface area (Å²) in [5.74, 6) is -6.21. The van der Waals surface area contributed by atoms with Gasteiger partial charge in [-0.3, -0.25) is 0 Å². The highest BCUT2D eigenvalue weighted by molar-refractivity contribution is 7.91. The normalized spacial score (nSPS) is 15.4. The maximum atomic E-state index is 13.3. The largest absolute Gasteiger partial charge is 0.484 e. The van der Waals surface area contributed by atoms with Crippen molar-refractivity contribution >= 4 is 54.7 Å². The predicted molar refractivity (Wildman–Crippen MR) is 199 cm³/mol. The van der Waals surface area contributed by atoms with E-state index in [0.717, 1.165) is 24.7 Å². The maximum Gasteiger partial charge on any atom is 0.371 e. The Morgan fingerprint density at radius 3 is 1.09 bits per heavy atom. The van der Waals surface area contributed by atoms with Crippen LogP contribution >= 0.6 is 0 Å². The van der Waals surface area contributed by atoms with Crippen molar-refractivity contribution in [1.29, 1.82) is 0 Å². The number of ether oxygens (including phenoxy) is 4. The van der Waals surface area contributed by atoms with Gasteiger partial charge in [-0.2, -0.15) is 0 Å². The Bertz CT molecular complexity index is 1890. The first kappa shape index (κ1) is 45.2. The zero-order chi connectivity index (χ0) is 41.4. The number of carboxylic acids is 2. The highest BCUT2D eigenvalue weighted by atomic mass is 32.2. The SMILES string of the molecule is CCC(C)(OC(=O)/C=C/C(=O)OC(C)(CC)/C(=C(/OC(C)C)C(=O)O)c1ccc(S(C)(=O)=O)cc1)/C(=C(/OC(C)C)C(=O)O)c1ccc(S(C)(=O)=O)cc1. The minimum absolute atomic E-state index is 0.00637. The van der Waals surface area contributed by atoms with Gasteiger partial charge in [0, 0.05) is 24.7 Å². The molecule has 0 aliphatic rings. The van der Waals surface area contributed by atoms with E-state index < -0.39 is 78.5 Å². The molecule has 2 atom stereocenters. The van der Waals surface area contributed by atoms with Crippen molar-refractivity contribution < 1.29 is 65.2 Å². The molecule has 54 heavy (non-hydrogen) atoms. The minimum Gasteiger partial charge on any atom is -0.484 e. The third-order valence-corrected chi connectivity index (χ3v) is 10.4. The summed E-state index contributed by atoms with van der Waals surface area (Å²) in [5, 5.41) is 20.3. The molecule has 14 nitrogen and oxygen atoms in total. The standard InChI is InChI=1S/C38H48O14S2/c1-11-37(7,31(33(35(41)42)49-23(3)4)25-13-17-27(18-14-25)53(9,45)46)51-29(39)21-22-30(40)52-38(8,12-2)32(34(36(43)44)50-24(5)6)26-15-19-28(20-16-26)54(10,47)48/h13-24H,11-12H2,1-10H3,(H,41,42)(H,43,44)/b22-21+,33-31+,34-32+. The van der Waals surface area contributed by atoms with E-state index >= 15 is 0 Å². The molecule has 0 saturated heterocycles.